The van der Waals surface area contributed by atoms with Crippen LogP contribution >= 0.6 is 0 Å². The first-order valence-electron chi connectivity index (χ1n) is 5.56. The highest BCUT2D eigenvalue weighted by molar-refractivity contribution is 5.34. The van der Waals surface area contributed by atoms with Gasteiger partial charge in [0.2, 0.25) is 0 Å². The van der Waals surface area contributed by atoms with E-state index in [-0.39, 0.29) is 23.8 Å². The van der Waals surface area contributed by atoms with E-state index in [1.807, 2.05) is 0 Å². The van der Waals surface area contributed by atoms with E-state index in [9.17, 15) is 17.6 Å². The zero-order valence-corrected chi connectivity index (χ0v) is 9.77. The molecule has 6 heteroatoms. The van der Waals surface area contributed by atoms with Gasteiger partial charge < -0.3 is 10.1 Å². The summed E-state index contributed by atoms with van der Waals surface area (Å²) in [4.78, 5) is 0. The molecule has 0 atom stereocenters. The number of hydrogen-bond acceptors (Lipinski definition) is 2. The van der Waals surface area contributed by atoms with Gasteiger partial charge >= 0.3 is 6.18 Å². The van der Waals surface area contributed by atoms with Gasteiger partial charge in [-0.2, -0.15) is 13.2 Å². The summed E-state index contributed by atoms with van der Waals surface area (Å²) in [6, 6.07) is 1.73. The van der Waals surface area contributed by atoms with Gasteiger partial charge in [-0.3, -0.25) is 0 Å². The van der Waals surface area contributed by atoms with Crippen LogP contribution in [0.5, 0.6) is 0 Å². The van der Waals surface area contributed by atoms with Gasteiger partial charge in [-0.25, -0.2) is 4.39 Å². The van der Waals surface area contributed by atoms with Crippen molar-refractivity contribution in [1.29, 1.82) is 0 Å². The molecule has 0 bridgehead atoms. The molecule has 0 radical (unpaired) electrons. The van der Waals surface area contributed by atoms with Crippen molar-refractivity contribution in [3.8, 4) is 0 Å². The van der Waals surface area contributed by atoms with E-state index in [2.05, 4.69) is 5.32 Å². The van der Waals surface area contributed by atoms with Crippen molar-refractivity contribution in [2.24, 2.45) is 0 Å². The van der Waals surface area contributed by atoms with E-state index in [1.165, 1.54) is 13.0 Å². The van der Waals surface area contributed by atoms with Crippen molar-refractivity contribution in [3.63, 3.8) is 0 Å². The lowest BCUT2D eigenvalue weighted by Crippen LogP contribution is -2.48. The fraction of sp³-hybridized carbons (Fsp3) is 0.500. The van der Waals surface area contributed by atoms with Crippen LogP contribution in [0.2, 0.25) is 0 Å². The van der Waals surface area contributed by atoms with Crippen molar-refractivity contribution in [3.05, 3.63) is 34.6 Å². The number of halogens is 4. The maximum Gasteiger partial charge on any atom is 0.416 e. The zero-order chi connectivity index (χ0) is 13.3. The van der Waals surface area contributed by atoms with E-state index >= 15 is 0 Å². The predicted octanol–water partition coefficient (Wildman–Crippen LogP) is 2.64. The van der Waals surface area contributed by atoms with Gasteiger partial charge in [-0.05, 0) is 18.6 Å². The van der Waals surface area contributed by atoms with Crippen LogP contribution in [0.15, 0.2) is 12.1 Å². The molecule has 0 spiro atoms. The van der Waals surface area contributed by atoms with E-state index in [0.29, 0.717) is 19.2 Å². The van der Waals surface area contributed by atoms with Gasteiger partial charge in [0, 0.05) is 18.7 Å². The average molecular weight is 263 g/mol. The maximum absolute atomic E-state index is 13.5. The number of alkyl halides is 3. The third kappa shape index (κ3) is 2.81. The van der Waals surface area contributed by atoms with Crippen molar-refractivity contribution in [2.75, 3.05) is 13.1 Å². The largest absolute Gasteiger partial charge is 0.416 e. The molecule has 0 amide bonds. The molecular formula is C12H13F4NO. The standard InChI is InChI=1S/C12H13F4NO/c1-7-2-8(6-18-9-4-17-5-9)11(13)3-10(7)12(14,15)16/h2-3,9,17H,4-6H2,1H3. The van der Waals surface area contributed by atoms with Gasteiger partial charge in [0.05, 0.1) is 18.3 Å². The van der Waals surface area contributed by atoms with E-state index in [1.54, 1.807) is 0 Å². The van der Waals surface area contributed by atoms with Gasteiger partial charge in [0.15, 0.2) is 0 Å². The van der Waals surface area contributed by atoms with Crippen LogP contribution < -0.4 is 5.32 Å². The first-order chi connectivity index (χ1) is 8.38. The molecule has 0 aliphatic carbocycles. The van der Waals surface area contributed by atoms with Crippen molar-refractivity contribution in [2.45, 2.75) is 25.8 Å². The molecular weight excluding hydrogens is 250 g/mol. The number of hydrogen-bond donors (Lipinski definition) is 1. The Balaban J connectivity index is 2.14. The van der Waals surface area contributed by atoms with Crippen molar-refractivity contribution < 1.29 is 22.3 Å². The third-order valence-electron chi connectivity index (χ3n) is 2.92. The molecule has 1 aromatic rings. The molecule has 1 aliphatic heterocycles. The fourth-order valence-electron chi connectivity index (χ4n) is 1.74. The summed E-state index contributed by atoms with van der Waals surface area (Å²) < 4.78 is 56.5. The molecule has 100 valence electrons. The minimum Gasteiger partial charge on any atom is -0.371 e. The Kier molecular flexibility index (Phi) is 3.59. The zero-order valence-electron chi connectivity index (χ0n) is 9.77. The SMILES string of the molecule is Cc1cc(COC2CNC2)c(F)cc1C(F)(F)F. The van der Waals surface area contributed by atoms with E-state index in [4.69, 9.17) is 4.74 Å². The molecule has 0 saturated carbocycles. The number of rotatable bonds is 3. The Labute approximate surface area is 102 Å². The van der Waals surface area contributed by atoms with Crippen molar-refractivity contribution in [1.82, 2.24) is 5.32 Å². The predicted molar refractivity (Wildman–Crippen MR) is 57.6 cm³/mol. The summed E-state index contributed by atoms with van der Waals surface area (Å²) in [5.74, 6) is -0.875. The van der Waals surface area contributed by atoms with Crippen LogP contribution in [0.25, 0.3) is 0 Å². The second kappa shape index (κ2) is 4.85. The molecule has 1 saturated heterocycles. The monoisotopic (exact) mass is 263 g/mol. The number of aryl methyl sites for hydroxylation is 1. The van der Waals surface area contributed by atoms with Gasteiger partial charge in [0.1, 0.15) is 5.82 Å². The Morgan fingerprint density at radius 3 is 2.50 bits per heavy atom. The minimum absolute atomic E-state index is 0.00282. The average Bonchev–Trinajstić information content (AvgIpc) is 2.18. The Morgan fingerprint density at radius 2 is 2.00 bits per heavy atom. The lowest BCUT2D eigenvalue weighted by molar-refractivity contribution is -0.138. The van der Waals surface area contributed by atoms with Gasteiger partial charge in [0.25, 0.3) is 0 Å². The third-order valence-corrected chi connectivity index (χ3v) is 2.92. The van der Waals surface area contributed by atoms with Crippen molar-refractivity contribution >= 4 is 0 Å². The molecule has 2 rings (SSSR count). The second-order valence-corrected chi connectivity index (χ2v) is 4.35. The molecule has 0 aromatic heterocycles. The summed E-state index contributed by atoms with van der Waals surface area (Å²) in [5.41, 5.74) is -0.768. The van der Waals surface area contributed by atoms with Crippen LogP contribution in [0, 0.1) is 12.7 Å². The number of ether oxygens (including phenoxy) is 1. The highest BCUT2D eigenvalue weighted by Crippen LogP contribution is 2.33. The highest BCUT2D eigenvalue weighted by atomic mass is 19.4. The van der Waals surface area contributed by atoms with Crippen LogP contribution in [-0.2, 0) is 17.5 Å². The fourth-order valence-corrected chi connectivity index (χ4v) is 1.74. The molecule has 0 unspecified atom stereocenters. The Morgan fingerprint density at radius 1 is 1.33 bits per heavy atom. The molecule has 1 fully saturated rings. The van der Waals surface area contributed by atoms with Gasteiger partial charge in [-0.15, -0.1) is 0 Å². The number of nitrogens with one attached hydrogen (secondary N) is 1. The summed E-state index contributed by atoms with van der Waals surface area (Å²) in [5, 5.41) is 2.98. The van der Waals surface area contributed by atoms with E-state index in [0.717, 1.165) is 0 Å². The van der Waals surface area contributed by atoms with Crippen LogP contribution in [0.1, 0.15) is 16.7 Å². The Bertz CT molecular complexity index is 440. The molecule has 2 nitrogen and oxygen atoms in total. The van der Waals surface area contributed by atoms with E-state index < -0.39 is 17.6 Å². The quantitative estimate of drug-likeness (QED) is 0.846. The lowest BCUT2D eigenvalue weighted by atomic mass is 10.0. The maximum atomic E-state index is 13.5. The molecule has 18 heavy (non-hydrogen) atoms. The first-order valence-corrected chi connectivity index (χ1v) is 5.56. The Hall–Kier alpha value is -1.14. The molecule has 1 aliphatic rings. The molecule has 1 aromatic carbocycles. The smallest absolute Gasteiger partial charge is 0.371 e. The second-order valence-electron chi connectivity index (χ2n) is 4.35. The van der Waals surface area contributed by atoms with Crippen LogP contribution in [-0.4, -0.2) is 19.2 Å². The summed E-state index contributed by atoms with van der Waals surface area (Å²) >= 11 is 0. The molecule has 1 heterocycles. The summed E-state index contributed by atoms with van der Waals surface area (Å²) in [7, 11) is 0. The summed E-state index contributed by atoms with van der Waals surface area (Å²) in [6.07, 6.45) is -4.51. The topological polar surface area (TPSA) is 21.3 Å². The van der Waals surface area contributed by atoms with Gasteiger partial charge in [-0.1, -0.05) is 6.07 Å². The highest BCUT2D eigenvalue weighted by Gasteiger charge is 2.33. The minimum atomic E-state index is -4.53. The lowest BCUT2D eigenvalue weighted by Gasteiger charge is -2.27. The molecule has 1 N–H and O–H groups in total. The van der Waals surface area contributed by atoms with Crippen LogP contribution in [0.3, 0.4) is 0 Å². The number of benzene rings is 1. The first kappa shape index (κ1) is 13.3. The summed E-state index contributed by atoms with van der Waals surface area (Å²) in [6.45, 7) is 2.70. The van der Waals surface area contributed by atoms with Crippen LogP contribution in [0.4, 0.5) is 17.6 Å². The normalized spacial score (nSPS) is 16.7.